The highest BCUT2D eigenvalue weighted by Gasteiger charge is 2.38. The Morgan fingerprint density at radius 1 is 0.421 bits per heavy atom. The van der Waals surface area contributed by atoms with Gasteiger partial charge in [-0.2, -0.15) is 0 Å². The van der Waals surface area contributed by atoms with Gasteiger partial charge in [-0.15, -0.1) is 0 Å². The van der Waals surface area contributed by atoms with E-state index >= 15 is 0 Å². The predicted molar refractivity (Wildman–Crippen MR) is 206 cm³/mol. The molecule has 27 heteroatoms. The van der Waals surface area contributed by atoms with Crippen molar-refractivity contribution < 1.29 is 68.4 Å². The van der Waals surface area contributed by atoms with E-state index in [0.29, 0.717) is 51.1 Å². The maximum absolute atomic E-state index is 13.4. The van der Waals surface area contributed by atoms with E-state index in [9.17, 15) is 28.8 Å². The molecule has 1 aromatic rings. The van der Waals surface area contributed by atoms with Crippen LogP contribution >= 0.6 is 0 Å². The lowest BCUT2D eigenvalue weighted by molar-refractivity contribution is 0.121. The van der Waals surface area contributed by atoms with Gasteiger partial charge in [-0.1, -0.05) is 0 Å². The number of alkyl carbamates (subject to hydrolysis) is 3. The zero-order valence-corrected chi connectivity index (χ0v) is 37.3. The van der Waals surface area contributed by atoms with Crippen LogP contribution in [0.2, 0.25) is 18.1 Å². The van der Waals surface area contributed by atoms with Gasteiger partial charge in [0.05, 0.1) is 19.6 Å². The van der Waals surface area contributed by atoms with Crippen LogP contribution in [-0.2, 0) is 73.7 Å². The molecule has 0 aromatic carbocycles. The van der Waals surface area contributed by atoms with Gasteiger partial charge in [0, 0.05) is 102 Å². The van der Waals surface area contributed by atoms with Crippen LogP contribution in [0, 0.1) is 0 Å². The van der Waals surface area contributed by atoms with Crippen LogP contribution in [0.4, 0.5) is 14.4 Å². The zero-order valence-electron chi connectivity index (χ0n) is 34.3. The quantitative estimate of drug-likeness (QED) is 0.0483. The van der Waals surface area contributed by atoms with Crippen LogP contribution in [0.15, 0.2) is 14.4 Å². The average molecular weight is 877 g/mol. The second kappa shape index (κ2) is 27.2. The maximum Gasteiger partial charge on any atom is 0.500 e. The van der Waals surface area contributed by atoms with Gasteiger partial charge < -0.3 is 70.0 Å². The first-order chi connectivity index (χ1) is 27.2. The number of carbonyl (C=O) groups excluding carboxylic acids is 3. The number of rotatable bonds is 30. The molecule has 330 valence electrons. The lowest BCUT2D eigenvalue weighted by atomic mass is 10.5. The Bertz CT molecular complexity index is 1300. The molecule has 3 amide bonds. The molecule has 0 saturated carbocycles. The monoisotopic (exact) mass is 876 g/mol. The van der Waals surface area contributed by atoms with E-state index in [1.54, 1.807) is 0 Å². The molecule has 0 aliphatic heterocycles. The molecule has 1 rings (SSSR count). The highest BCUT2D eigenvalue weighted by molar-refractivity contribution is 6.61. The van der Waals surface area contributed by atoms with Crippen molar-refractivity contribution in [2.45, 2.75) is 57.0 Å². The molecule has 3 N–H and O–H groups in total. The van der Waals surface area contributed by atoms with Crippen LogP contribution in [0.5, 0.6) is 0 Å². The molecule has 1 heterocycles. The first kappa shape index (κ1) is 51.5. The Hall–Kier alpha value is -3.49. The van der Waals surface area contributed by atoms with E-state index < -0.39 is 101 Å². The van der Waals surface area contributed by atoms with Gasteiger partial charge in [-0.3, -0.25) is 0 Å². The maximum atomic E-state index is 13.4. The van der Waals surface area contributed by atoms with E-state index in [2.05, 4.69) is 16.0 Å². The van der Waals surface area contributed by atoms with Crippen molar-refractivity contribution in [2.75, 3.05) is 103 Å². The van der Waals surface area contributed by atoms with Gasteiger partial charge in [-0.05, 0) is 19.3 Å². The van der Waals surface area contributed by atoms with E-state index in [4.69, 9.17) is 54.0 Å². The molecular formula is C30H60N6O18Si3. The predicted octanol–water partition coefficient (Wildman–Crippen LogP) is -0.845. The van der Waals surface area contributed by atoms with Crippen molar-refractivity contribution in [1.29, 1.82) is 0 Å². The molecule has 24 nitrogen and oxygen atoms in total. The van der Waals surface area contributed by atoms with Crippen molar-refractivity contribution in [3.63, 3.8) is 0 Å². The zero-order chi connectivity index (χ0) is 42.9. The van der Waals surface area contributed by atoms with Crippen LogP contribution in [0.1, 0.15) is 19.3 Å². The second-order valence-corrected chi connectivity index (χ2v) is 21.0. The van der Waals surface area contributed by atoms with E-state index in [-0.39, 0.29) is 19.6 Å². The number of aromatic nitrogens is 3. The molecule has 0 atom stereocenters. The topological polar surface area (TPSA) is 264 Å². The molecule has 0 aliphatic carbocycles. The normalized spacial score (nSPS) is 11.9. The molecule has 1 aromatic heterocycles. The van der Waals surface area contributed by atoms with Crippen LogP contribution in [0.3, 0.4) is 0 Å². The summed E-state index contributed by atoms with van der Waals surface area (Å²) in [6.07, 6.45) is -1.14. The third kappa shape index (κ3) is 16.7. The molecule has 0 bridgehead atoms. The summed E-state index contributed by atoms with van der Waals surface area (Å²) in [7, 11) is 4.74. The molecule has 57 heavy (non-hydrogen) atoms. The van der Waals surface area contributed by atoms with Gasteiger partial charge >= 0.3 is 61.8 Å². The Kier molecular flexibility index (Phi) is 24.6. The molecule has 0 fully saturated rings. The number of hydrogen-bond acceptors (Lipinski definition) is 18. The third-order valence-corrected chi connectivity index (χ3v) is 17.1. The Balaban J connectivity index is 2.98. The summed E-state index contributed by atoms with van der Waals surface area (Å²) in [6, 6.07) is 1.26. The Labute approximate surface area is 334 Å². The van der Waals surface area contributed by atoms with E-state index in [0.717, 1.165) is 0 Å². The van der Waals surface area contributed by atoms with Crippen molar-refractivity contribution in [3.8, 4) is 0 Å². The largest absolute Gasteiger partial charge is 0.500 e. The highest BCUT2D eigenvalue weighted by Crippen LogP contribution is 2.16. The Morgan fingerprint density at radius 2 is 0.632 bits per heavy atom. The number of amides is 3. The number of nitrogens with zero attached hydrogens (tertiary/aromatic N) is 3. The van der Waals surface area contributed by atoms with Gasteiger partial charge in [0.25, 0.3) is 0 Å². The van der Waals surface area contributed by atoms with Crippen LogP contribution in [0.25, 0.3) is 0 Å². The number of ether oxygens (including phenoxy) is 3. The summed E-state index contributed by atoms with van der Waals surface area (Å²) in [6.45, 7) is -2.03. The molecule has 0 spiro atoms. The first-order valence-electron chi connectivity index (χ1n) is 17.9. The summed E-state index contributed by atoms with van der Waals surface area (Å²) in [5.41, 5.74) is -3.14. The number of hydrogen-bond donors (Lipinski definition) is 3. The highest BCUT2D eigenvalue weighted by atomic mass is 28.4. The van der Waals surface area contributed by atoms with Crippen molar-refractivity contribution in [2.24, 2.45) is 0 Å². The standard InChI is InChI=1S/C30H60N6O18Si3/c1-43-55(44-2,45-3)22-10-13-31-25(37)52-19-16-34-28(40)35(17-20-53-26(38)32-14-11-23-56(46-4,47-5)48-6)30(42)36(29(34)41)18-21-54-27(39)33-15-12-24-57(49-7,50-8)51-9/h10-24H2,1-9H3,(H,31,37)(H,32,38)(H,33,39). The number of nitrogens with one attached hydrogen (secondary N) is 3. The third-order valence-electron chi connectivity index (χ3n) is 8.62. The first-order valence-corrected chi connectivity index (χ1v) is 23.7. The van der Waals surface area contributed by atoms with Crippen LogP contribution < -0.4 is 33.0 Å². The summed E-state index contributed by atoms with van der Waals surface area (Å²) < 4.78 is 65.6. The van der Waals surface area contributed by atoms with Gasteiger partial charge in [-0.25, -0.2) is 42.5 Å². The fourth-order valence-corrected chi connectivity index (χ4v) is 10.4. The lowest BCUT2D eigenvalue weighted by Crippen LogP contribution is -2.55. The lowest BCUT2D eigenvalue weighted by Gasteiger charge is -2.24. The minimum Gasteiger partial charge on any atom is -0.448 e. The minimum atomic E-state index is -2.84. The van der Waals surface area contributed by atoms with Crippen LogP contribution in [-0.4, -0.2) is 162 Å². The fraction of sp³-hybridized carbons (Fsp3) is 0.800. The minimum absolute atomic E-state index is 0.189. The molecular weight excluding hydrogens is 817 g/mol. The fourth-order valence-electron chi connectivity index (χ4n) is 5.25. The second-order valence-electron chi connectivity index (χ2n) is 11.7. The average Bonchev–Trinajstić information content (AvgIpc) is 3.22. The van der Waals surface area contributed by atoms with Gasteiger partial charge in [0.15, 0.2) is 0 Å². The summed E-state index contributed by atoms with van der Waals surface area (Å²) in [4.78, 5) is 77.1. The smallest absolute Gasteiger partial charge is 0.448 e. The number of carbonyl (C=O) groups is 3. The van der Waals surface area contributed by atoms with Crippen molar-refractivity contribution in [1.82, 2.24) is 29.7 Å². The Morgan fingerprint density at radius 3 is 0.825 bits per heavy atom. The van der Waals surface area contributed by atoms with Gasteiger partial charge in [0.2, 0.25) is 0 Å². The molecule has 0 radical (unpaired) electrons. The van der Waals surface area contributed by atoms with E-state index in [1.165, 1.54) is 64.0 Å². The molecule has 0 unspecified atom stereocenters. The molecule has 0 aliphatic rings. The molecule has 0 saturated heterocycles. The summed E-state index contributed by atoms with van der Waals surface area (Å²) in [5.74, 6) is 0. The SMILES string of the molecule is CO[Si](CCCNC(=O)OCCn1c(=O)n(CCOC(=O)NCCC[Si](OC)(OC)OC)c(=O)n(CCOC(=O)NCCC[Si](OC)(OC)OC)c1=O)(OC)OC. The van der Waals surface area contributed by atoms with Crippen molar-refractivity contribution in [3.05, 3.63) is 31.5 Å². The van der Waals surface area contributed by atoms with Gasteiger partial charge in [0.1, 0.15) is 19.8 Å². The van der Waals surface area contributed by atoms with Crippen molar-refractivity contribution >= 4 is 44.7 Å². The summed E-state index contributed by atoms with van der Waals surface area (Å²) >= 11 is 0. The summed E-state index contributed by atoms with van der Waals surface area (Å²) in [5, 5.41) is 7.64. The van der Waals surface area contributed by atoms with E-state index in [1.807, 2.05) is 0 Å².